The number of hydrogen-bond acceptors (Lipinski definition) is 1. The molecule has 0 bridgehead atoms. The number of aromatic nitrogens is 1. The molecule has 0 N–H and O–H groups in total. The lowest BCUT2D eigenvalue weighted by Gasteiger charge is -2.11. The molecule has 0 atom stereocenters. The monoisotopic (exact) mass is 361 g/mol. The van der Waals surface area contributed by atoms with Gasteiger partial charge in [-0.3, -0.25) is 0 Å². The highest BCUT2D eigenvalue weighted by Gasteiger charge is 2.18. The Morgan fingerprint density at radius 2 is 2.10 bits per heavy atom. The topological polar surface area (TPSA) is 14.2 Å². The third kappa shape index (κ3) is 2.34. The summed E-state index contributed by atoms with van der Waals surface area (Å²) in [6.07, 6.45) is 3.06. The van der Waals surface area contributed by atoms with Gasteiger partial charge in [0, 0.05) is 38.6 Å². The molecule has 0 amide bonds. The van der Waals surface area contributed by atoms with E-state index >= 15 is 0 Å². The molecule has 0 fully saturated rings. The van der Waals surface area contributed by atoms with E-state index in [1.54, 1.807) is 0 Å². The minimum atomic E-state index is 0.752. The van der Waals surface area contributed by atoms with Crippen LogP contribution in [-0.4, -0.2) is 11.2 Å². The molecule has 21 heavy (non-hydrogen) atoms. The lowest BCUT2D eigenvalue weighted by Crippen LogP contribution is -2.00. The van der Waals surface area contributed by atoms with Crippen LogP contribution in [0.4, 0.5) is 0 Å². The Bertz CT molecular complexity index is 840. The van der Waals surface area contributed by atoms with Crippen molar-refractivity contribution in [3.63, 3.8) is 0 Å². The van der Waals surface area contributed by atoms with Crippen LogP contribution in [0, 0.1) is 0 Å². The van der Waals surface area contributed by atoms with Crippen molar-refractivity contribution in [1.82, 2.24) is 4.57 Å². The predicted octanol–water partition coefficient (Wildman–Crippen LogP) is 5.04. The Labute approximate surface area is 136 Å². The summed E-state index contributed by atoms with van der Waals surface area (Å²) >= 11 is 9.75. The lowest BCUT2D eigenvalue weighted by molar-refractivity contribution is 0.353. The maximum absolute atomic E-state index is 6.24. The summed E-state index contributed by atoms with van der Waals surface area (Å²) < 4.78 is 9.11. The van der Waals surface area contributed by atoms with E-state index in [2.05, 4.69) is 51.0 Å². The molecule has 1 aliphatic rings. The summed E-state index contributed by atoms with van der Waals surface area (Å²) in [5.74, 6) is 1.01. The lowest BCUT2D eigenvalue weighted by atomic mass is 10.1. The van der Waals surface area contributed by atoms with E-state index in [-0.39, 0.29) is 0 Å². The summed E-state index contributed by atoms with van der Waals surface area (Å²) in [7, 11) is 0. The number of nitrogens with zero attached hydrogens (tertiary/aromatic N) is 1. The molecule has 0 spiro atoms. The Hall–Kier alpha value is -1.45. The van der Waals surface area contributed by atoms with Gasteiger partial charge in [0.1, 0.15) is 5.75 Å². The van der Waals surface area contributed by atoms with Gasteiger partial charge in [0.25, 0.3) is 0 Å². The molecule has 4 rings (SSSR count). The summed E-state index contributed by atoms with van der Waals surface area (Å²) in [5.41, 5.74) is 3.58. The van der Waals surface area contributed by atoms with Crippen molar-refractivity contribution in [3.8, 4) is 5.75 Å². The average molecular weight is 363 g/mol. The number of hydrogen-bond donors (Lipinski definition) is 0. The molecule has 3 aromatic rings. The molecule has 0 aliphatic carbocycles. The van der Waals surface area contributed by atoms with Gasteiger partial charge in [-0.15, -0.1) is 0 Å². The van der Waals surface area contributed by atoms with Gasteiger partial charge in [-0.05, 0) is 42.0 Å². The highest BCUT2D eigenvalue weighted by atomic mass is 79.9. The summed E-state index contributed by atoms with van der Waals surface area (Å²) in [4.78, 5) is 0. The number of halogens is 2. The predicted molar refractivity (Wildman–Crippen MR) is 89.4 cm³/mol. The second kappa shape index (κ2) is 5.08. The number of benzene rings is 2. The molecule has 1 aliphatic heterocycles. The molecule has 0 unspecified atom stereocenters. The van der Waals surface area contributed by atoms with Crippen LogP contribution in [0.15, 0.2) is 47.1 Å². The summed E-state index contributed by atoms with van der Waals surface area (Å²) in [6.45, 7) is 1.52. The SMILES string of the molecule is Clc1cc2c(c(Cn3ccc4cc(Br)ccc43)c1)OCC2. The van der Waals surface area contributed by atoms with Crippen molar-refractivity contribution in [2.75, 3.05) is 6.61 Å². The van der Waals surface area contributed by atoms with Crippen molar-refractivity contribution in [2.45, 2.75) is 13.0 Å². The first-order chi connectivity index (χ1) is 10.2. The average Bonchev–Trinajstić information content (AvgIpc) is 3.05. The first-order valence-corrected chi connectivity index (χ1v) is 8.06. The van der Waals surface area contributed by atoms with Crippen LogP contribution in [0.5, 0.6) is 5.75 Å². The van der Waals surface area contributed by atoms with Gasteiger partial charge in [0.15, 0.2) is 0 Å². The summed E-state index contributed by atoms with van der Waals surface area (Å²) in [6, 6.07) is 12.5. The van der Waals surface area contributed by atoms with Gasteiger partial charge in [-0.25, -0.2) is 0 Å². The highest BCUT2D eigenvalue weighted by molar-refractivity contribution is 9.10. The van der Waals surface area contributed by atoms with E-state index in [1.165, 1.54) is 16.5 Å². The minimum absolute atomic E-state index is 0.752. The van der Waals surface area contributed by atoms with Crippen LogP contribution in [0.2, 0.25) is 5.02 Å². The standard InChI is InChI=1S/C17H13BrClNO/c18-14-1-2-16-11(7-14)3-5-20(16)10-13-9-15(19)8-12-4-6-21-17(12)13/h1-3,5,7-9H,4,6,10H2. The third-order valence-electron chi connectivity index (χ3n) is 3.90. The molecular weight excluding hydrogens is 350 g/mol. The first kappa shape index (κ1) is 13.2. The summed E-state index contributed by atoms with van der Waals surface area (Å²) in [5, 5.41) is 2.01. The second-order valence-corrected chi connectivity index (χ2v) is 6.65. The number of rotatable bonds is 2. The van der Waals surface area contributed by atoms with E-state index in [9.17, 15) is 0 Å². The zero-order valence-electron chi connectivity index (χ0n) is 11.3. The van der Waals surface area contributed by atoms with Crippen LogP contribution in [0.3, 0.4) is 0 Å². The fourth-order valence-electron chi connectivity index (χ4n) is 2.96. The number of ether oxygens (including phenoxy) is 1. The van der Waals surface area contributed by atoms with Crippen molar-refractivity contribution in [3.05, 3.63) is 63.2 Å². The van der Waals surface area contributed by atoms with Crippen LogP contribution in [0.25, 0.3) is 10.9 Å². The van der Waals surface area contributed by atoms with E-state index in [0.717, 1.165) is 40.4 Å². The third-order valence-corrected chi connectivity index (χ3v) is 4.61. The van der Waals surface area contributed by atoms with E-state index in [4.69, 9.17) is 16.3 Å². The Morgan fingerprint density at radius 1 is 1.19 bits per heavy atom. The molecule has 2 heterocycles. The van der Waals surface area contributed by atoms with Gasteiger partial charge in [-0.2, -0.15) is 0 Å². The normalized spacial score (nSPS) is 13.4. The molecule has 2 nitrogen and oxygen atoms in total. The van der Waals surface area contributed by atoms with Gasteiger partial charge in [-0.1, -0.05) is 27.5 Å². The van der Waals surface area contributed by atoms with Gasteiger partial charge < -0.3 is 9.30 Å². The zero-order chi connectivity index (χ0) is 14.4. The van der Waals surface area contributed by atoms with E-state index < -0.39 is 0 Å². The van der Waals surface area contributed by atoms with Crippen LogP contribution < -0.4 is 4.74 Å². The molecule has 4 heteroatoms. The van der Waals surface area contributed by atoms with Gasteiger partial charge in [0.2, 0.25) is 0 Å². The first-order valence-electron chi connectivity index (χ1n) is 6.89. The minimum Gasteiger partial charge on any atom is -0.493 e. The van der Waals surface area contributed by atoms with Gasteiger partial charge in [0.05, 0.1) is 13.2 Å². The van der Waals surface area contributed by atoms with Crippen molar-refractivity contribution in [1.29, 1.82) is 0 Å². The van der Waals surface area contributed by atoms with Crippen LogP contribution >= 0.6 is 27.5 Å². The maximum Gasteiger partial charge on any atom is 0.127 e. The zero-order valence-corrected chi connectivity index (χ0v) is 13.6. The van der Waals surface area contributed by atoms with Gasteiger partial charge >= 0.3 is 0 Å². The highest BCUT2D eigenvalue weighted by Crippen LogP contribution is 2.34. The smallest absolute Gasteiger partial charge is 0.127 e. The quantitative estimate of drug-likeness (QED) is 0.623. The van der Waals surface area contributed by atoms with Crippen LogP contribution in [-0.2, 0) is 13.0 Å². The molecular formula is C17H13BrClNO. The maximum atomic E-state index is 6.24. The molecule has 0 saturated heterocycles. The molecule has 1 aromatic heterocycles. The molecule has 0 radical (unpaired) electrons. The van der Waals surface area contributed by atoms with Crippen molar-refractivity contribution in [2.24, 2.45) is 0 Å². The number of fused-ring (bicyclic) bond motifs is 2. The van der Waals surface area contributed by atoms with E-state index in [1.807, 2.05) is 12.1 Å². The second-order valence-electron chi connectivity index (χ2n) is 5.30. The fraction of sp³-hybridized carbons (Fsp3) is 0.176. The van der Waals surface area contributed by atoms with Crippen molar-refractivity contribution >= 4 is 38.4 Å². The fourth-order valence-corrected chi connectivity index (χ4v) is 3.60. The Morgan fingerprint density at radius 3 is 3.00 bits per heavy atom. The largest absolute Gasteiger partial charge is 0.493 e. The Balaban J connectivity index is 1.79. The van der Waals surface area contributed by atoms with Crippen molar-refractivity contribution < 1.29 is 4.74 Å². The molecule has 0 saturated carbocycles. The molecule has 106 valence electrons. The van der Waals surface area contributed by atoms with E-state index in [0.29, 0.717) is 0 Å². The van der Waals surface area contributed by atoms with Crippen LogP contribution in [0.1, 0.15) is 11.1 Å². The Kier molecular flexibility index (Phi) is 3.20. The molecule has 2 aromatic carbocycles.